The van der Waals surface area contributed by atoms with E-state index in [2.05, 4.69) is 6.07 Å². The molecular weight excluding hydrogens is 420 g/mol. The Balaban J connectivity index is 1.59. The molecule has 164 valence electrons. The molecule has 4 N–H and O–H groups in total. The topological polar surface area (TPSA) is 99.4 Å². The molecule has 1 aliphatic rings. The summed E-state index contributed by atoms with van der Waals surface area (Å²) in [7, 11) is 1.64. The van der Waals surface area contributed by atoms with Gasteiger partial charge in [0.1, 0.15) is 36.3 Å². The molecule has 6 nitrogen and oxygen atoms in total. The van der Waals surface area contributed by atoms with Gasteiger partial charge in [0, 0.05) is 5.02 Å². The van der Waals surface area contributed by atoms with Gasteiger partial charge in [0.2, 0.25) is 0 Å². The van der Waals surface area contributed by atoms with Gasteiger partial charge >= 0.3 is 0 Å². The van der Waals surface area contributed by atoms with E-state index in [9.17, 15) is 15.3 Å². The summed E-state index contributed by atoms with van der Waals surface area (Å²) in [4.78, 5) is 0. The Morgan fingerprint density at radius 1 is 1.00 bits per heavy atom. The van der Waals surface area contributed by atoms with Crippen LogP contribution < -0.4 is 4.74 Å². The second-order valence-electron chi connectivity index (χ2n) is 7.83. The number of halogens is 1. The smallest absolute Gasteiger partial charge is 0.119 e. The molecule has 7 heteroatoms. The molecule has 0 unspecified atom stereocenters. The number of benzene rings is 3. The Labute approximate surface area is 185 Å². The van der Waals surface area contributed by atoms with Crippen LogP contribution in [0.3, 0.4) is 0 Å². The molecule has 4 rings (SSSR count). The zero-order chi connectivity index (χ0) is 22.1. The van der Waals surface area contributed by atoms with E-state index in [1.165, 1.54) is 0 Å². The summed E-state index contributed by atoms with van der Waals surface area (Å²) in [5.74, 6) is 0.804. The predicted molar refractivity (Wildman–Crippen MR) is 117 cm³/mol. The molecule has 1 saturated heterocycles. The molecule has 3 aromatic carbocycles. The van der Waals surface area contributed by atoms with E-state index in [1.807, 2.05) is 36.4 Å². The highest BCUT2D eigenvalue weighted by atomic mass is 35.5. The number of hydrogen-bond donors (Lipinski definition) is 4. The number of methoxy groups -OCH3 is 1. The minimum absolute atomic E-state index is 0.569. The fraction of sp³-hybridized carbons (Fsp3) is 0.333. The lowest BCUT2D eigenvalue weighted by Gasteiger charge is -2.19. The highest BCUT2D eigenvalue weighted by Gasteiger charge is 2.46. The van der Waals surface area contributed by atoms with Crippen molar-refractivity contribution in [1.82, 2.24) is 0 Å². The van der Waals surface area contributed by atoms with Crippen LogP contribution in [0.15, 0.2) is 54.6 Å². The van der Waals surface area contributed by atoms with Crippen molar-refractivity contribution < 1.29 is 29.9 Å². The molecule has 5 atom stereocenters. The first-order chi connectivity index (χ1) is 14.9. The van der Waals surface area contributed by atoms with Crippen molar-refractivity contribution in [2.75, 3.05) is 13.7 Å². The molecule has 3 aromatic rings. The Morgan fingerprint density at radius 3 is 2.48 bits per heavy atom. The van der Waals surface area contributed by atoms with Crippen molar-refractivity contribution in [3.05, 3.63) is 76.3 Å². The predicted octanol–water partition coefficient (Wildman–Crippen LogP) is 2.61. The van der Waals surface area contributed by atoms with Crippen molar-refractivity contribution in [2.45, 2.75) is 36.9 Å². The average molecular weight is 445 g/mol. The zero-order valence-corrected chi connectivity index (χ0v) is 17.7. The van der Waals surface area contributed by atoms with Crippen molar-refractivity contribution in [3.63, 3.8) is 0 Å². The summed E-state index contributed by atoms with van der Waals surface area (Å²) in [5.41, 5.74) is 2.56. The Hall–Kier alpha value is -2.19. The van der Waals surface area contributed by atoms with Crippen LogP contribution in [0.5, 0.6) is 5.75 Å². The maximum atomic E-state index is 10.4. The molecule has 0 saturated carbocycles. The normalized spacial score (nSPS) is 24.5. The fourth-order valence-electron chi connectivity index (χ4n) is 4.04. The number of aliphatic hydroxyl groups excluding tert-OH is 4. The van der Waals surface area contributed by atoms with Crippen LogP contribution in [0.4, 0.5) is 0 Å². The maximum Gasteiger partial charge on any atom is 0.119 e. The summed E-state index contributed by atoms with van der Waals surface area (Å²) in [5, 5.41) is 42.4. The molecule has 1 aliphatic heterocycles. The third kappa shape index (κ3) is 4.41. The van der Waals surface area contributed by atoms with Crippen molar-refractivity contribution in [1.29, 1.82) is 0 Å². The van der Waals surface area contributed by atoms with E-state index in [-0.39, 0.29) is 0 Å². The summed E-state index contributed by atoms with van der Waals surface area (Å²) in [6, 6.07) is 17.4. The molecule has 1 fully saturated rings. The first-order valence-electron chi connectivity index (χ1n) is 10.1. The standard InChI is InChI=1S/C24H25ClO6/c1-30-18-6-4-14-8-13(2-3-15(14)11-18)9-17-10-16(5-7-19(17)25)23-21(28)22(29)24(31-23)20(27)12-26/h2-8,10-11,20-24,26-29H,9,12H2,1H3/t20-,21+,22+,23-,24+/m0/s1. The first-order valence-corrected chi connectivity index (χ1v) is 10.4. The van der Waals surface area contributed by atoms with Gasteiger partial charge in [-0.05, 0) is 52.1 Å². The van der Waals surface area contributed by atoms with Gasteiger partial charge in [-0.3, -0.25) is 0 Å². The number of fused-ring (bicyclic) bond motifs is 1. The number of rotatable bonds is 6. The van der Waals surface area contributed by atoms with Gasteiger partial charge in [0.15, 0.2) is 0 Å². The molecule has 31 heavy (non-hydrogen) atoms. The summed E-state index contributed by atoms with van der Waals surface area (Å²) in [6.45, 7) is -0.569. The van der Waals surface area contributed by atoms with E-state index in [0.717, 1.165) is 27.6 Å². The van der Waals surface area contributed by atoms with Gasteiger partial charge < -0.3 is 29.9 Å². The lowest BCUT2D eigenvalue weighted by molar-refractivity contribution is -0.0820. The molecule has 0 bridgehead atoms. The van der Waals surface area contributed by atoms with Gasteiger partial charge in [-0.25, -0.2) is 0 Å². The SMILES string of the molecule is COc1ccc2cc(Cc3cc([C@@H]4O[C@H]([C@@H](O)CO)[C@H](O)[C@H]4O)ccc3Cl)ccc2c1. The molecule has 0 spiro atoms. The molecule has 1 heterocycles. The van der Waals surface area contributed by atoms with Crippen LogP contribution in [0, 0.1) is 0 Å². The van der Waals surface area contributed by atoms with Gasteiger partial charge in [-0.1, -0.05) is 48.0 Å². The molecule has 0 amide bonds. The maximum absolute atomic E-state index is 10.4. The minimum Gasteiger partial charge on any atom is -0.497 e. The third-order valence-electron chi connectivity index (χ3n) is 5.77. The van der Waals surface area contributed by atoms with Gasteiger partial charge in [-0.2, -0.15) is 0 Å². The van der Waals surface area contributed by atoms with Crippen molar-refractivity contribution in [3.8, 4) is 5.75 Å². The quantitative estimate of drug-likeness (QED) is 0.466. The summed E-state index contributed by atoms with van der Waals surface area (Å²) >= 11 is 6.43. The average Bonchev–Trinajstić information content (AvgIpc) is 3.09. The van der Waals surface area contributed by atoms with Crippen LogP contribution in [0.1, 0.15) is 22.8 Å². The van der Waals surface area contributed by atoms with Crippen LogP contribution in [0.2, 0.25) is 5.02 Å². The van der Waals surface area contributed by atoms with Gasteiger partial charge in [0.05, 0.1) is 13.7 Å². The van der Waals surface area contributed by atoms with Crippen LogP contribution in [0.25, 0.3) is 10.8 Å². The molecule has 0 radical (unpaired) electrons. The van der Waals surface area contributed by atoms with Crippen LogP contribution >= 0.6 is 11.6 Å². The summed E-state index contributed by atoms with van der Waals surface area (Å²) < 4.78 is 11.0. The van der Waals surface area contributed by atoms with E-state index >= 15 is 0 Å². The van der Waals surface area contributed by atoms with Gasteiger partial charge in [0.25, 0.3) is 0 Å². The van der Waals surface area contributed by atoms with E-state index in [4.69, 9.17) is 26.2 Å². The van der Waals surface area contributed by atoms with E-state index in [0.29, 0.717) is 17.0 Å². The third-order valence-corrected chi connectivity index (χ3v) is 6.14. The highest BCUT2D eigenvalue weighted by Crippen LogP contribution is 2.36. The molecule has 0 aromatic heterocycles. The van der Waals surface area contributed by atoms with E-state index in [1.54, 1.807) is 19.2 Å². The highest BCUT2D eigenvalue weighted by molar-refractivity contribution is 6.31. The monoisotopic (exact) mass is 444 g/mol. The first kappa shape index (κ1) is 22.0. The van der Waals surface area contributed by atoms with Crippen molar-refractivity contribution >= 4 is 22.4 Å². The summed E-state index contributed by atoms with van der Waals surface area (Å²) in [6.07, 6.45) is -5.14. The van der Waals surface area contributed by atoms with Crippen LogP contribution in [-0.4, -0.2) is 58.6 Å². The lowest BCUT2D eigenvalue weighted by Crippen LogP contribution is -2.40. The molecule has 0 aliphatic carbocycles. The number of ether oxygens (including phenoxy) is 2. The fourth-order valence-corrected chi connectivity index (χ4v) is 4.22. The number of aliphatic hydroxyl groups is 4. The second-order valence-corrected chi connectivity index (χ2v) is 8.23. The second kappa shape index (κ2) is 9.12. The van der Waals surface area contributed by atoms with Crippen LogP contribution in [-0.2, 0) is 11.2 Å². The van der Waals surface area contributed by atoms with Crippen molar-refractivity contribution in [2.24, 2.45) is 0 Å². The number of hydrogen-bond acceptors (Lipinski definition) is 6. The van der Waals surface area contributed by atoms with E-state index < -0.39 is 37.1 Å². The largest absolute Gasteiger partial charge is 0.497 e. The Kier molecular flexibility index (Phi) is 6.48. The minimum atomic E-state index is -1.30. The Morgan fingerprint density at radius 2 is 1.74 bits per heavy atom. The van der Waals surface area contributed by atoms with Gasteiger partial charge in [-0.15, -0.1) is 0 Å². The lowest BCUT2D eigenvalue weighted by atomic mass is 9.96. The molecular formula is C24H25ClO6. The Bertz CT molecular complexity index is 1070. The zero-order valence-electron chi connectivity index (χ0n) is 17.0.